The second-order valence-electron chi connectivity index (χ2n) is 4.16. The predicted octanol–water partition coefficient (Wildman–Crippen LogP) is 2.51. The van der Waals surface area contributed by atoms with Crippen molar-refractivity contribution in [3.63, 3.8) is 0 Å². The summed E-state index contributed by atoms with van der Waals surface area (Å²) in [6, 6.07) is 4.95. The van der Waals surface area contributed by atoms with E-state index in [1.165, 1.54) is 0 Å². The summed E-state index contributed by atoms with van der Waals surface area (Å²) in [4.78, 5) is 0. The number of hydrogen-bond acceptors (Lipinski definition) is 4. The molecule has 1 aromatic carbocycles. The highest BCUT2D eigenvalue weighted by Gasteiger charge is 2.17. The molecule has 3 N–H and O–H groups in total. The van der Waals surface area contributed by atoms with Crippen LogP contribution in [0.4, 0.5) is 5.82 Å². The monoisotopic (exact) mass is 319 g/mol. The van der Waals surface area contributed by atoms with E-state index >= 15 is 0 Å². The van der Waals surface area contributed by atoms with Gasteiger partial charge in [0.25, 0.3) is 0 Å². The Bertz CT molecular complexity index is 726. The number of aromatic nitrogens is 2. The number of halogens is 2. The minimum atomic E-state index is -3.20. The van der Waals surface area contributed by atoms with Crippen LogP contribution in [-0.4, -0.2) is 24.9 Å². The molecule has 2 rings (SSSR count). The van der Waals surface area contributed by atoms with E-state index in [4.69, 9.17) is 28.9 Å². The summed E-state index contributed by atoms with van der Waals surface area (Å²) in [5.41, 5.74) is 7.39. The van der Waals surface area contributed by atoms with Crippen molar-refractivity contribution in [1.29, 1.82) is 0 Å². The number of nitrogens with zero attached hydrogens (tertiary/aromatic N) is 1. The van der Waals surface area contributed by atoms with Crippen LogP contribution in [-0.2, 0) is 15.6 Å². The number of aromatic amines is 1. The van der Waals surface area contributed by atoms with Crippen LogP contribution in [0, 0.1) is 0 Å². The fourth-order valence-electron chi connectivity index (χ4n) is 1.73. The predicted molar refractivity (Wildman–Crippen MR) is 77.0 cm³/mol. The van der Waals surface area contributed by atoms with Crippen LogP contribution in [0.3, 0.4) is 0 Å². The van der Waals surface area contributed by atoms with Crippen molar-refractivity contribution in [3.8, 4) is 11.1 Å². The van der Waals surface area contributed by atoms with Crippen LogP contribution in [0.1, 0.15) is 5.69 Å². The van der Waals surface area contributed by atoms with Gasteiger partial charge in [0.15, 0.2) is 15.7 Å². The minimum absolute atomic E-state index is 0.174. The van der Waals surface area contributed by atoms with Gasteiger partial charge in [-0.2, -0.15) is 5.10 Å². The van der Waals surface area contributed by atoms with Gasteiger partial charge in [-0.1, -0.05) is 29.3 Å². The van der Waals surface area contributed by atoms with Crippen molar-refractivity contribution in [2.24, 2.45) is 0 Å². The first kappa shape index (κ1) is 14.2. The topological polar surface area (TPSA) is 88.8 Å². The molecule has 0 aliphatic rings. The molecule has 0 saturated carbocycles. The van der Waals surface area contributed by atoms with Gasteiger partial charge in [0.2, 0.25) is 0 Å². The first-order valence-electron chi connectivity index (χ1n) is 5.24. The Labute approximate surface area is 120 Å². The summed E-state index contributed by atoms with van der Waals surface area (Å²) in [6.45, 7) is 0. The Kier molecular flexibility index (Phi) is 3.75. The zero-order valence-corrected chi connectivity index (χ0v) is 12.3. The second kappa shape index (κ2) is 5.03. The summed E-state index contributed by atoms with van der Waals surface area (Å²) in [5.74, 6) is 0.0457. The van der Waals surface area contributed by atoms with Crippen LogP contribution in [0.5, 0.6) is 0 Å². The highest BCUT2D eigenvalue weighted by Crippen LogP contribution is 2.33. The lowest BCUT2D eigenvalue weighted by Gasteiger charge is -2.05. The molecule has 0 spiro atoms. The number of nitrogens with two attached hydrogens (primary N) is 1. The van der Waals surface area contributed by atoms with E-state index in [-0.39, 0.29) is 11.6 Å². The Hall–Kier alpha value is -1.24. The van der Waals surface area contributed by atoms with Crippen LogP contribution in [0.2, 0.25) is 10.0 Å². The summed E-state index contributed by atoms with van der Waals surface area (Å²) < 4.78 is 22.8. The van der Waals surface area contributed by atoms with E-state index < -0.39 is 9.84 Å². The molecule has 0 saturated heterocycles. The Morgan fingerprint density at radius 2 is 2.00 bits per heavy atom. The van der Waals surface area contributed by atoms with Crippen LogP contribution in [0.15, 0.2) is 18.2 Å². The van der Waals surface area contributed by atoms with Gasteiger partial charge in [-0.3, -0.25) is 5.10 Å². The first-order valence-corrected chi connectivity index (χ1v) is 8.05. The SMILES string of the molecule is CS(=O)(=O)Cc1[nH]nc(N)c1-c1ccc(Cl)c(Cl)c1. The number of anilines is 1. The summed E-state index contributed by atoms with van der Waals surface area (Å²) in [6.07, 6.45) is 1.14. The van der Waals surface area contributed by atoms with Crippen LogP contribution >= 0.6 is 23.2 Å². The third-order valence-corrected chi connectivity index (χ3v) is 4.04. The van der Waals surface area contributed by atoms with Crippen LogP contribution < -0.4 is 5.73 Å². The van der Waals surface area contributed by atoms with E-state index in [1.54, 1.807) is 18.2 Å². The number of H-pyrrole nitrogens is 1. The Balaban J connectivity index is 2.55. The molecule has 19 heavy (non-hydrogen) atoms. The molecule has 2 aromatic rings. The molecule has 0 aliphatic carbocycles. The number of benzene rings is 1. The lowest BCUT2D eigenvalue weighted by molar-refractivity contribution is 0.600. The molecular formula is C11H11Cl2N3O2S. The molecule has 0 atom stereocenters. The van der Waals surface area contributed by atoms with Crippen molar-refractivity contribution >= 4 is 38.9 Å². The number of nitrogens with one attached hydrogen (secondary N) is 1. The lowest BCUT2D eigenvalue weighted by Crippen LogP contribution is -2.02. The molecule has 8 heteroatoms. The van der Waals surface area contributed by atoms with Crippen LogP contribution in [0.25, 0.3) is 11.1 Å². The third-order valence-electron chi connectivity index (χ3n) is 2.48. The molecule has 0 bridgehead atoms. The lowest BCUT2D eigenvalue weighted by atomic mass is 10.1. The van der Waals surface area contributed by atoms with Gasteiger partial charge >= 0.3 is 0 Å². The van der Waals surface area contributed by atoms with Crippen molar-refractivity contribution < 1.29 is 8.42 Å². The van der Waals surface area contributed by atoms with E-state index in [0.29, 0.717) is 26.9 Å². The normalized spacial score (nSPS) is 11.7. The fourth-order valence-corrected chi connectivity index (χ4v) is 2.77. The molecule has 1 aromatic heterocycles. The van der Waals surface area contributed by atoms with Gasteiger partial charge in [0.1, 0.15) is 0 Å². The average molecular weight is 320 g/mol. The van der Waals surface area contributed by atoms with Gasteiger partial charge in [0.05, 0.1) is 21.5 Å². The summed E-state index contributed by atoms with van der Waals surface area (Å²) in [7, 11) is -3.20. The number of rotatable bonds is 3. The van der Waals surface area contributed by atoms with Crippen molar-refractivity contribution in [3.05, 3.63) is 33.9 Å². The molecule has 0 unspecified atom stereocenters. The third kappa shape index (κ3) is 3.20. The van der Waals surface area contributed by atoms with E-state index in [1.807, 2.05) is 0 Å². The summed E-state index contributed by atoms with van der Waals surface area (Å²) >= 11 is 11.8. The molecule has 0 amide bonds. The molecule has 1 heterocycles. The molecule has 0 fully saturated rings. The standard InChI is InChI=1S/C11H11Cl2N3O2S/c1-19(17,18)5-9-10(11(14)16-15-9)6-2-3-7(12)8(13)4-6/h2-4H,5H2,1H3,(H3,14,15,16). The van der Waals surface area contributed by atoms with Crippen molar-refractivity contribution in [1.82, 2.24) is 10.2 Å². The van der Waals surface area contributed by atoms with Gasteiger partial charge in [0, 0.05) is 11.8 Å². The zero-order valence-electron chi connectivity index (χ0n) is 9.94. The highest BCUT2D eigenvalue weighted by molar-refractivity contribution is 7.89. The first-order chi connectivity index (χ1) is 8.78. The van der Waals surface area contributed by atoms with Gasteiger partial charge < -0.3 is 5.73 Å². The van der Waals surface area contributed by atoms with E-state index in [0.717, 1.165) is 6.26 Å². The maximum absolute atomic E-state index is 11.4. The second-order valence-corrected chi connectivity index (χ2v) is 7.12. The Morgan fingerprint density at radius 1 is 1.32 bits per heavy atom. The highest BCUT2D eigenvalue weighted by atomic mass is 35.5. The van der Waals surface area contributed by atoms with Gasteiger partial charge in [-0.15, -0.1) is 0 Å². The van der Waals surface area contributed by atoms with Crippen molar-refractivity contribution in [2.45, 2.75) is 5.75 Å². The molecule has 102 valence electrons. The molecular weight excluding hydrogens is 309 g/mol. The minimum Gasteiger partial charge on any atom is -0.382 e. The maximum Gasteiger partial charge on any atom is 0.153 e. The fraction of sp³-hybridized carbons (Fsp3) is 0.182. The van der Waals surface area contributed by atoms with Gasteiger partial charge in [-0.25, -0.2) is 8.42 Å². The number of nitrogen functional groups attached to an aromatic ring is 1. The molecule has 0 aliphatic heterocycles. The quantitative estimate of drug-likeness (QED) is 0.909. The summed E-state index contributed by atoms with van der Waals surface area (Å²) in [5, 5.41) is 7.25. The largest absolute Gasteiger partial charge is 0.382 e. The van der Waals surface area contributed by atoms with Crippen molar-refractivity contribution in [2.75, 3.05) is 12.0 Å². The number of sulfone groups is 1. The van der Waals surface area contributed by atoms with Gasteiger partial charge in [-0.05, 0) is 17.7 Å². The maximum atomic E-state index is 11.4. The number of hydrogen-bond donors (Lipinski definition) is 2. The average Bonchev–Trinajstić information content (AvgIpc) is 2.62. The smallest absolute Gasteiger partial charge is 0.153 e. The molecule has 5 nitrogen and oxygen atoms in total. The zero-order chi connectivity index (χ0) is 14.2. The molecule has 0 radical (unpaired) electrons. The van der Waals surface area contributed by atoms with E-state index in [2.05, 4.69) is 10.2 Å². The van der Waals surface area contributed by atoms with E-state index in [9.17, 15) is 8.42 Å². The Morgan fingerprint density at radius 3 is 2.58 bits per heavy atom.